The van der Waals surface area contributed by atoms with E-state index < -0.39 is 0 Å². The molecular weight excluding hydrogens is 224 g/mol. The first-order valence-corrected chi connectivity index (χ1v) is 6.04. The molecule has 3 heteroatoms. The van der Waals surface area contributed by atoms with E-state index in [1.54, 1.807) is 19.5 Å². The summed E-state index contributed by atoms with van der Waals surface area (Å²) in [4.78, 5) is 8.28. The molecule has 0 amide bonds. The van der Waals surface area contributed by atoms with Gasteiger partial charge in [-0.1, -0.05) is 18.7 Å². The Morgan fingerprint density at radius 2 is 2.06 bits per heavy atom. The molecule has 96 valence electrons. The number of ether oxygens (including phenoxy) is 1. The molecule has 18 heavy (non-hydrogen) atoms. The van der Waals surface area contributed by atoms with Gasteiger partial charge in [0.05, 0.1) is 18.1 Å². The number of allylic oxidation sites excluding steroid dienone is 6. The SMILES string of the molecule is C=C(C=NC)O/C(C=NC1=CCCC=C1C)=C\C. The molecule has 0 saturated heterocycles. The van der Waals surface area contributed by atoms with Crippen molar-refractivity contribution in [1.82, 2.24) is 0 Å². The van der Waals surface area contributed by atoms with Crippen molar-refractivity contribution >= 4 is 12.4 Å². The smallest absolute Gasteiger partial charge is 0.141 e. The summed E-state index contributed by atoms with van der Waals surface area (Å²) in [6, 6.07) is 0. The van der Waals surface area contributed by atoms with E-state index >= 15 is 0 Å². The second kappa shape index (κ2) is 7.43. The van der Waals surface area contributed by atoms with Crippen LogP contribution in [0.15, 0.2) is 57.6 Å². The minimum Gasteiger partial charge on any atom is -0.455 e. The average molecular weight is 244 g/mol. The van der Waals surface area contributed by atoms with Gasteiger partial charge in [0.25, 0.3) is 0 Å². The van der Waals surface area contributed by atoms with Crippen LogP contribution in [0.1, 0.15) is 26.7 Å². The van der Waals surface area contributed by atoms with Crippen LogP contribution in [-0.4, -0.2) is 19.5 Å². The Kier molecular flexibility index (Phi) is 5.85. The maximum Gasteiger partial charge on any atom is 0.141 e. The highest BCUT2D eigenvalue weighted by Crippen LogP contribution is 2.19. The fraction of sp³-hybridized carbons (Fsp3) is 0.333. The lowest BCUT2D eigenvalue weighted by molar-refractivity contribution is 0.359. The molecule has 0 N–H and O–H groups in total. The Labute approximate surface area is 109 Å². The zero-order chi connectivity index (χ0) is 13.4. The van der Waals surface area contributed by atoms with Gasteiger partial charge in [-0.15, -0.1) is 0 Å². The minimum absolute atomic E-state index is 0.502. The van der Waals surface area contributed by atoms with E-state index in [-0.39, 0.29) is 0 Å². The van der Waals surface area contributed by atoms with Crippen molar-refractivity contribution < 1.29 is 4.74 Å². The molecule has 0 aliphatic heterocycles. The number of aliphatic imine (C=N–C) groups is 2. The second-order valence-electron chi connectivity index (χ2n) is 3.96. The normalized spacial score (nSPS) is 16.9. The molecule has 1 aliphatic carbocycles. The van der Waals surface area contributed by atoms with Crippen molar-refractivity contribution in [3.8, 4) is 0 Å². The summed E-state index contributed by atoms with van der Waals surface area (Å²) in [7, 11) is 1.68. The summed E-state index contributed by atoms with van der Waals surface area (Å²) in [6.45, 7) is 7.71. The topological polar surface area (TPSA) is 34.0 Å². The summed E-state index contributed by atoms with van der Waals surface area (Å²) in [5.41, 5.74) is 2.22. The van der Waals surface area contributed by atoms with Crippen LogP contribution in [-0.2, 0) is 4.74 Å². The molecule has 0 spiro atoms. The second-order valence-corrected chi connectivity index (χ2v) is 3.96. The average Bonchev–Trinajstić information content (AvgIpc) is 2.36. The number of rotatable bonds is 5. The van der Waals surface area contributed by atoms with Gasteiger partial charge in [0.2, 0.25) is 0 Å². The van der Waals surface area contributed by atoms with E-state index in [1.807, 2.05) is 13.0 Å². The molecule has 0 fully saturated rings. The summed E-state index contributed by atoms with van der Waals surface area (Å²) in [5, 5.41) is 0. The molecule has 0 saturated carbocycles. The van der Waals surface area contributed by atoms with Crippen LogP contribution in [0.25, 0.3) is 0 Å². The molecule has 3 nitrogen and oxygen atoms in total. The van der Waals surface area contributed by atoms with Crippen LogP contribution in [0.2, 0.25) is 0 Å². The van der Waals surface area contributed by atoms with Gasteiger partial charge in [0.1, 0.15) is 11.5 Å². The van der Waals surface area contributed by atoms with Crippen LogP contribution in [0, 0.1) is 0 Å². The lowest BCUT2D eigenvalue weighted by Gasteiger charge is -2.08. The van der Waals surface area contributed by atoms with E-state index in [9.17, 15) is 0 Å². The van der Waals surface area contributed by atoms with Crippen LogP contribution < -0.4 is 0 Å². The van der Waals surface area contributed by atoms with Gasteiger partial charge >= 0.3 is 0 Å². The van der Waals surface area contributed by atoms with E-state index in [4.69, 9.17) is 4.74 Å². The molecule has 0 aromatic carbocycles. The zero-order valence-electron chi connectivity index (χ0n) is 11.3. The standard InChI is InChI=1S/C15H20N2O/c1-5-14(18-13(3)10-16-4)11-17-15-9-7-6-8-12(15)2/h5,8-11H,3,6-7H2,1-2,4H3/b14-5-,16-10?,17-11?. The highest BCUT2D eigenvalue weighted by Gasteiger charge is 2.02. The molecule has 0 unspecified atom stereocenters. The Hall–Kier alpha value is -1.90. The van der Waals surface area contributed by atoms with E-state index in [1.165, 1.54) is 5.57 Å². The van der Waals surface area contributed by atoms with Gasteiger partial charge < -0.3 is 4.74 Å². The monoisotopic (exact) mass is 244 g/mol. The lowest BCUT2D eigenvalue weighted by Crippen LogP contribution is -1.96. The first-order chi connectivity index (χ1) is 8.67. The molecule has 0 heterocycles. The first kappa shape index (κ1) is 14.2. The van der Waals surface area contributed by atoms with Gasteiger partial charge in [-0.2, -0.15) is 0 Å². The van der Waals surface area contributed by atoms with Crippen molar-refractivity contribution in [3.05, 3.63) is 47.6 Å². The number of nitrogens with zero attached hydrogens (tertiary/aromatic N) is 2. The Balaban J connectivity index is 2.67. The van der Waals surface area contributed by atoms with Crippen molar-refractivity contribution in [2.24, 2.45) is 9.98 Å². The van der Waals surface area contributed by atoms with E-state index in [0.29, 0.717) is 11.5 Å². The maximum atomic E-state index is 5.49. The number of hydrogen-bond acceptors (Lipinski definition) is 3. The molecule has 0 aromatic heterocycles. The largest absolute Gasteiger partial charge is 0.455 e. The van der Waals surface area contributed by atoms with Crippen LogP contribution in [0.5, 0.6) is 0 Å². The quantitative estimate of drug-likeness (QED) is 0.534. The zero-order valence-corrected chi connectivity index (χ0v) is 11.3. The van der Waals surface area contributed by atoms with Gasteiger partial charge in [-0.25, -0.2) is 0 Å². The third-order valence-electron chi connectivity index (χ3n) is 2.50. The van der Waals surface area contributed by atoms with Crippen LogP contribution >= 0.6 is 0 Å². The van der Waals surface area contributed by atoms with Gasteiger partial charge in [-0.3, -0.25) is 9.98 Å². The number of hydrogen-bond donors (Lipinski definition) is 0. The Morgan fingerprint density at radius 1 is 1.33 bits per heavy atom. The first-order valence-electron chi connectivity index (χ1n) is 6.04. The summed E-state index contributed by atoms with van der Waals surface area (Å²) >= 11 is 0. The lowest BCUT2D eigenvalue weighted by atomic mass is 10.1. The fourth-order valence-corrected chi connectivity index (χ4v) is 1.55. The fourth-order valence-electron chi connectivity index (χ4n) is 1.55. The molecule has 0 aromatic rings. The van der Waals surface area contributed by atoms with Crippen molar-refractivity contribution in [1.29, 1.82) is 0 Å². The molecule has 0 radical (unpaired) electrons. The van der Waals surface area contributed by atoms with Crippen LogP contribution in [0.3, 0.4) is 0 Å². The van der Waals surface area contributed by atoms with Crippen LogP contribution in [0.4, 0.5) is 0 Å². The highest BCUT2D eigenvalue weighted by atomic mass is 16.5. The summed E-state index contributed by atoms with van der Waals surface area (Å²) < 4.78 is 5.49. The minimum atomic E-state index is 0.502. The van der Waals surface area contributed by atoms with Gasteiger partial charge in [0.15, 0.2) is 0 Å². The van der Waals surface area contributed by atoms with Gasteiger partial charge in [0, 0.05) is 7.05 Å². The maximum absolute atomic E-state index is 5.49. The predicted molar refractivity (Wildman–Crippen MR) is 78.0 cm³/mol. The summed E-state index contributed by atoms with van der Waals surface area (Å²) in [6.07, 6.45) is 11.6. The molecular formula is C15H20N2O. The molecule has 0 bridgehead atoms. The Morgan fingerprint density at radius 3 is 2.67 bits per heavy atom. The molecule has 1 aliphatic rings. The van der Waals surface area contributed by atoms with E-state index in [2.05, 4.69) is 35.6 Å². The predicted octanol–water partition coefficient (Wildman–Crippen LogP) is 3.82. The van der Waals surface area contributed by atoms with Gasteiger partial charge in [-0.05, 0) is 38.3 Å². The third kappa shape index (κ3) is 4.53. The Bertz CT molecular complexity index is 451. The van der Waals surface area contributed by atoms with Crippen molar-refractivity contribution in [3.63, 3.8) is 0 Å². The van der Waals surface area contributed by atoms with Crippen molar-refractivity contribution in [2.45, 2.75) is 26.7 Å². The third-order valence-corrected chi connectivity index (χ3v) is 2.50. The van der Waals surface area contributed by atoms with E-state index in [0.717, 1.165) is 18.5 Å². The van der Waals surface area contributed by atoms with Crippen molar-refractivity contribution in [2.75, 3.05) is 7.05 Å². The molecule has 0 atom stereocenters. The summed E-state index contributed by atoms with van der Waals surface area (Å²) in [5.74, 6) is 1.17. The highest BCUT2D eigenvalue weighted by molar-refractivity contribution is 5.81. The molecule has 1 rings (SSSR count).